The number of hydrogen-bond donors (Lipinski definition) is 0. The maximum atomic E-state index is 10.7. The maximum absolute atomic E-state index is 10.7. The summed E-state index contributed by atoms with van der Waals surface area (Å²) in [5.41, 5.74) is 1.05. The molecule has 0 saturated carbocycles. The van der Waals surface area contributed by atoms with E-state index in [1.54, 1.807) is 6.08 Å². The third-order valence-electron chi connectivity index (χ3n) is 1.80. The van der Waals surface area contributed by atoms with Gasteiger partial charge in [-0.15, -0.1) is 0 Å². The molecule has 1 aliphatic rings. The van der Waals surface area contributed by atoms with Crippen molar-refractivity contribution in [2.45, 2.75) is 0 Å². The zero-order valence-electron chi connectivity index (χ0n) is 7.51. The Bertz CT molecular complexity index is 393. The van der Waals surface area contributed by atoms with Crippen LogP contribution < -0.4 is 0 Å². The lowest BCUT2D eigenvalue weighted by atomic mass is 10.2. The highest BCUT2D eigenvalue weighted by molar-refractivity contribution is 6.03. The summed E-state index contributed by atoms with van der Waals surface area (Å²) in [6.07, 6.45) is 3.55. The van der Waals surface area contributed by atoms with E-state index < -0.39 is 0 Å². The minimum Gasteiger partial charge on any atom is -0.406 e. The van der Waals surface area contributed by atoms with Crippen molar-refractivity contribution >= 4 is 17.9 Å². The van der Waals surface area contributed by atoms with E-state index in [0.717, 1.165) is 5.56 Å². The van der Waals surface area contributed by atoms with Gasteiger partial charge in [0.05, 0.1) is 0 Å². The summed E-state index contributed by atoms with van der Waals surface area (Å²) in [5, 5.41) is 0. The van der Waals surface area contributed by atoms with Crippen molar-refractivity contribution in [2.75, 3.05) is 6.54 Å². The first-order valence-corrected chi connectivity index (χ1v) is 4.33. The monoisotopic (exact) mass is 187 g/mol. The van der Waals surface area contributed by atoms with Gasteiger partial charge in [-0.3, -0.25) is 0 Å². The van der Waals surface area contributed by atoms with Crippen molar-refractivity contribution < 1.29 is 9.53 Å². The zero-order valence-corrected chi connectivity index (χ0v) is 7.51. The summed E-state index contributed by atoms with van der Waals surface area (Å²) in [4.78, 5) is 14.6. The van der Waals surface area contributed by atoms with Crippen molar-refractivity contribution in [1.29, 1.82) is 0 Å². The predicted octanol–water partition coefficient (Wildman–Crippen LogP) is 1.66. The molecule has 0 spiro atoms. The van der Waals surface area contributed by atoms with Crippen LogP contribution in [0, 0.1) is 0 Å². The molecule has 70 valence electrons. The molecule has 14 heavy (non-hydrogen) atoms. The van der Waals surface area contributed by atoms with Crippen LogP contribution >= 0.6 is 0 Å². The van der Waals surface area contributed by atoms with E-state index in [2.05, 4.69) is 4.99 Å². The zero-order chi connectivity index (χ0) is 9.80. The topological polar surface area (TPSA) is 38.7 Å². The number of hydrogen-bond acceptors (Lipinski definition) is 3. The van der Waals surface area contributed by atoms with Gasteiger partial charge in [-0.2, -0.15) is 0 Å². The molecule has 0 atom stereocenters. The lowest BCUT2D eigenvalue weighted by Gasteiger charge is -1.92. The Morgan fingerprint density at radius 1 is 1.21 bits per heavy atom. The third-order valence-corrected chi connectivity index (χ3v) is 1.80. The lowest BCUT2D eigenvalue weighted by molar-refractivity contribution is -0.132. The number of aliphatic imine (C=N–C) groups is 1. The van der Waals surface area contributed by atoms with Crippen LogP contribution in [0.2, 0.25) is 0 Å². The molecule has 3 nitrogen and oxygen atoms in total. The fraction of sp³-hybridized carbons (Fsp3) is 0.0909. The molecule has 0 N–H and O–H groups in total. The first-order chi connectivity index (χ1) is 6.84. The van der Waals surface area contributed by atoms with E-state index in [9.17, 15) is 4.79 Å². The van der Waals surface area contributed by atoms with Gasteiger partial charge in [-0.1, -0.05) is 30.3 Å². The Labute approximate surface area is 81.7 Å². The molecular formula is C11H9NO2. The molecule has 0 fully saturated rings. The Morgan fingerprint density at radius 2 is 2.00 bits per heavy atom. The second-order valence-electron chi connectivity index (χ2n) is 2.87. The van der Waals surface area contributed by atoms with Gasteiger partial charge in [0, 0.05) is 6.08 Å². The number of cyclic esters (lactones) is 1. The van der Waals surface area contributed by atoms with Gasteiger partial charge in [0.1, 0.15) is 6.54 Å². The fourth-order valence-corrected chi connectivity index (χ4v) is 1.14. The number of nitrogens with zero attached hydrogens (tertiary/aromatic N) is 1. The van der Waals surface area contributed by atoms with Gasteiger partial charge in [-0.25, -0.2) is 9.79 Å². The van der Waals surface area contributed by atoms with E-state index >= 15 is 0 Å². The van der Waals surface area contributed by atoms with Crippen molar-refractivity contribution in [3.8, 4) is 0 Å². The standard InChI is InChI=1S/C11H9NO2/c13-11-8-12-10(14-11)7-6-9-4-2-1-3-5-9/h1-7H,8H2. The fourth-order valence-electron chi connectivity index (χ4n) is 1.14. The third kappa shape index (κ3) is 2.07. The summed E-state index contributed by atoms with van der Waals surface area (Å²) in [6.45, 7) is 0.133. The summed E-state index contributed by atoms with van der Waals surface area (Å²) in [7, 11) is 0. The molecule has 0 aliphatic carbocycles. The van der Waals surface area contributed by atoms with Crippen LogP contribution in [0.15, 0.2) is 41.4 Å². The molecule has 1 aromatic rings. The van der Waals surface area contributed by atoms with Crippen LogP contribution in [-0.4, -0.2) is 18.4 Å². The van der Waals surface area contributed by atoms with Gasteiger partial charge in [-0.05, 0) is 11.6 Å². The van der Waals surface area contributed by atoms with E-state index in [1.807, 2.05) is 36.4 Å². The number of ether oxygens (including phenoxy) is 1. The molecule has 0 saturated heterocycles. The Morgan fingerprint density at radius 3 is 2.64 bits per heavy atom. The molecule has 3 heteroatoms. The van der Waals surface area contributed by atoms with Crippen molar-refractivity contribution in [3.05, 3.63) is 42.0 Å². The molecule has 1 heterocycles. The largest absolute Gasteiger partial charge is 0.406 e. The van der Waals surface area contributed by atoms with Crippen molar-refractivity contribution in [1.82, 2.24) is 0 Å². The van der Waals surface area contributed by atoms with Crippen LogP contribution in [-0.2, 0) is 9.53 Å². The Kier molecular flexibility index (Phi) is 2.40. The van der Waals surface area contributed by atoms with Crippen LogP contribution in [0.4, 0.5) is 0 Å². The minimum absolute atomic E-state index is 0.133. The number of esters is 1. The Balaban J connectivity index is 2.05. The lowest BCUT2D eigenvalue weighted by Crippen LogP contribution is -2.01. The summed E-state index contributed by atoms with van der Waals surface area (Å²) < 4.78 is 4.81. The van der Waals surface area contributed by atoms with E-state index in [4.69, 9.17) is 4.74 Å². The minimum atomic E-state index is -0.294. The van der Waals surface area contributed by atoms with Gasteiger partial charge >= 0.3 is 5.97 Å². The van der Waals surface area contributed by atoms with E-state index in [0.29, 0.717) is 5.90 Å². The highest BCUT2D eigenvalue weighted by Gasteiger charge is 2.12. The van der Waals surface area contributed by atoms with E-state index in [-0.39, 0.29) is 12.5 Å². The SMILES string of the molecule is O=C1CN=C(C=Cc2ccccc2)O1. The van der Waals surface area contributed by atoms with Crippen LogP contribution in [0.1, 0.15) is 5.56 Å². The highest BCUT2D eigenvalue weighted by Crippen LogP contribution is 2.04. The average Bonchev–Trinajstić information content (AvgIpc) is 2.63. The average molecular weight is 187 g/mol. The second-order valence-corrected chi connectivity index (χ2v) is 2.87. The molecule has 1 aliphatic heterocycles. The maximum Gasteiger partial charge on any atom is 0.334 e. The van der Waals surface area contributed by atoms with Crippen LogP contribution in [0.25, 0.3) is 6.08 Å². The van der Waals surface area contributed by atoms with Crippen molar-refractivity contribution in [3.63, 3.8) is 0 Å². The highest BCUT2D eigenvalue weighted by atomic mass is 16.5. The molecule has 0 unspecified atom stereocenters. The second kappa shape index (κ2) is 3.87. The first kappa shape index (κ1) is 8.69. The molecule has 0 aromatic heterocycles. The quantitative estimate of drug-likeness (QED) is 0.660. The molecule has 0 radical (unpaired) electrons. The van der Waals surface area contributed by atoms with E-state index in [1.165, 1.54) is 0 Å². The number of carbonyl (C=O) groups is 1. The molecule has 2 rings (SSSR count). The normalized spacial score (nSPS) is 15.7. The molecule has 1 aromatic carbocycles. The van der Waals surface area contributed by atoms with Crippen LogP contribution in [0.3, 0.4) is 0 Å². The first-order valence-electron chi connectivity index (χ1n) is 4.33. The van der Waals surface area contributed by atoms with Gasteiger partial charge in [0.25, 0.3) is 0 Å². The number of carbonyl (C=O) groups excluding carboxylic acids is 1. The number of rotatable bonds is 2. The smallest absolute Gasteiger partial charge is 0.334 e. The summed E-state index contributed by atoms with van der Waals surface area (Å²) in [6, 6.07) is 9.77. The molecule has 0 amide bonds. The molecular weight excluding hydrogens is 178 g/mol. The van der Waals surface area contributed by atoms with Crippen LogP contribution in [0.5, 0.6) is 0 Å². The molecule has 0 bridgehead atoms. The summed E-state index contributed by atoms with van der Waals surface area (Å²) in [5.74, 6) is 0.0940. The summed E-state index contributed by atoms with van der Waals surface area (Å²) >= 11 is 0. The predicted molar refractivity (Wildman–Crippen MR) is 53.9 cm³/mol. The van der Waals surface area contributed by atoms with Crippen molar-refractivity contribution in [2.24, 2.45) is 4.99 Å². The Hall–Kier alpha value is -1.90. The van der Waals surface area contributed by atoms with Gasteiger partial charge in [0.15, 0.2) is 0 Å². The number of benzene rings is 1. The van der Waals surface area contributed by atoms with Gasteiger partial charge in [0.2, 0.25) is 5.90 Å². The van der Waals surface area contributed by atoms with Gasteiger partial charge < -0.3 is 4.74 Å².